The van der Waals surface area contributed by atoms with Gasteiger partial charge in [0.2, 0.25) is 0 Å². The van der Waals surface area contributed by atoms with Crippen LogP contribution >= 0.6 is 0 Å². The molecule has 0 amide bonds. The average Bonchev–Trinajstić information content (AvgIpc) is 2.03. The molecule has 0 aromatic rings. The van der Waals surface area contributed by atoms with E-state index in [4.69, 9.17) is 0 Å². The van der Waals surface area contributed by atoms with E-state index >= 15 is 0 Å². The lowest BCUT2D eigenvalue weighted by Gasteiger charge is -2.39. The molecule has 0 fully saturated rings. The van der Waals surface area contributed by atoms with Crippen molar-refractivity contribution in [2.45, 2.75) is 46.1 Å². The number of rotatable bonds is 7. The molecule has 2 nitrogen and oxygen atoms in total. The lowest BCUT2D eigenvalue weighted by Crippen LogP contribution is -2.42. The SMILES string of the molecule is CCCC(C)(C)C(CCNC)N(C)C. The summed E-state index contributed by atoms with van der Waals surface area (Å²) in [4.78, 5) is 2.37. The lowest BCUT2D eigenvalue weighted by atomic mass is 9.78. The van der Waals surface area contributed by atoms with E-state index in [2.05, 4.69) is 45.1 Å². The molecule has 1 N–H and O–H groups in total. The number of nitrogens with one attached hydrogen (secondary N) is 1. The first-order valence-electron chi connectivity index (χ1n) is 5.76. The van der Waals surface area contributed by atoms with Crippen LogP contribution in [0, 0.1) is 5.41 Å². The molecule has 0 heterocycles. The Morgan fingerprint density at radius 1 is 1.29 bits per heavy atom. The van der Waals surface area contributed by atoms with E-state index in [0.717, 1.165) is 6.54 Å². The van der Waals surface area contributed by atoms with Gasteiger partial charge in [0.1, 0.15) is 0 Å². The van der Waals surface area contributed by atoms with Gasteiger partial charge in [-0.15, -0.1) is 0 Å². The maximum Gasteiger partial charge on any atom is 0.0152 e. The molecule has 2 heteroatoms. The summed E-state index contributed by atoms with van der Waals surface area (Å²) in [5, 5.41) is 3.24. The van der Waals surface area contributed by atoms with Crippen molar-refractivity contribution in [3.8, 4) is 0 Å². The van der Waals surface area contributed by atoms with E-state index in [1.165, 1.54) is 19.3 Å². The fourth-order valence-corrected chi connectivity index (χ4v) is 2.44. The summed E-state index contributed by atoms with van der Waals surface area (Å²) in [6.07, 6.45) is 3.81. The van der Waals surface area contributed by atoms with Crippen LogP contribution in [0.2, 0.25) is 0 Å². The highest BCUT2D eigenvalue weighted by atomic mass is 15.1. The van der Waals surface area contributed by atoms with E-state index < -0.39 is 0 Å². The van der Waals surface area contributed by atoms with Gasteiger partial charge < -0.3 is 10.2 Å². The summed E-state index contributed by atoms with van der Waals surface area (Å²) in [7, 11) is 6.41. The monoisotopic (exact) mass is 200 g/mol. The molecule has 0 radical (unpaired) electrons. The summed E-state index contributed by atoms with van der Waals surface area (Å²) in [6.45, 7) is 8.15. The van der Waals surface area contributed by atoms with E-state index in [9.17, 15) is 0 Å². The van der Waals surface area contributed by atoms with Crippen molar-refractivity contribution < 1.29 is 0 Å². The predicted molar refractivity (Wildman–Crippen MR) is 64.7 cm³/mol. The van der Waals surface area contributed by atoms with Gasteiger partial charge in [0.25, 0.3) is 0 Å². The largest absolute Gasteiger partial charge is 0.320 e. The Balaban J connectivity index is 4.30. The van der Waals surface area contributed by atoms with E-state index in [1.54, 1.807) is 0 Å². The van der Waals surface area contributed by atoms with Crippen LogP contribution < -0.4 is 5.32 Å². The molecule has 0 aliphatic rings. The molecule has 0 aliphatic heterocycles. The molecular weight excluding hydrogens is 172 g/mol. The first-order valence-corrected chi connectivity index (χ1v) is 5.76. The van der Waals surface area contributed by atoms with Crippen molar-refractivity contribution in [3.63, 3.8) is 0 Å². The second-order valence-corrected chi connectivity index (χ2v) is 5.11. The first-order chi connectivity index (χ1) is 6.45. The fourth-order valence-electron chi connectivity index (χ4n) is 2.44. The molecule has 14 heavy (non-hydrogen) atoms. The Hall–Kier alpha value is -0.0800. The molecule has 0 bridgehead atoms. The Morgan fingerprint density at radius 2 is 1.86 bits per heavy atom. The number of hydrogen-bond acceptors (Lipinski definition) is 2. The molecule has 86 valence electrons. The summed E-state index contributed by atoms with van der Waals surface area (Å²) in [5.74, 6) is 0. The zero-order valence-electron chi connectivity index (χ0n) is 10.9. The molecule has 0 aromatic carbocycles. The van der Waals surface area contributed by atoms with E-state index in [-0.39, 0.29) is 0 Å². The fraction of sp³-hybridized carbons (Fsp3) is 1.00. The number of hydrogen-bond donors (Lipinski definition) is 1. The van der Waals surface area contributed by atoms with E-state index in [1.807, 2.05) is 7.05 Å². The first kappa shape index (κ1) is 13.9. The van der Waals surface area contributed by atoms with Gasteiger partial charge in [-0.1, -0.05) is 27.2 Å². The van der Waals surface area contributed by atoms with Crippen LogP contribution in [0.1, 0.15) is 40.0 Å². The van der Waals surface area contributed by atoms with Gasteiger partial charge in [-0.3, -0.25) is 0 Å². The van der Waals surface area contributed by atoms with Crippen molar-refractivity contribution >= 4 is 0 Å². The number of nitrogens with zero attached hydrogens (tertiary/aromatic N) is 1. The van der Waals surface area contributed by atoms with Gasteiger partial charge in [0.15, 0.2) is 0 Å². The van der Waals surface area contributed by atoms with Gasteiger partial charge in [0.05, 0.1) is 0 Å². The molecule has 0 aliphatic carbocycles. The Bertz CT molecular complexity index is 141. The van der Waals surface area contributed by atoms with Crippen molar-refractivity contribution in [1.29, 1.82) is 0 Å². The third-order valence-electron chi connectivity index (χ3n) is 3.09. The highest BCUT2D eigenvalue weighted by molar-refractivity contribution is 4.84. The Kier molecular flexibility index (Phi) is 6.38. The minimum Gasteiger partial charge on any atom is -0.320 e. The molecule has 0 rings (SSSR count). The van der Waals surface area contributed by atoms with Crippen LogP contribution in [0.5, 0.6) is 0 Å². The summed E-state index contributed by atoms with van der Waals surface area (Å²) in [5.41, 5.74) is 0.426. The van der Waals surface area contributed by atoms with Gasteiger partial charge in [-0.2, -0.15) is 0 Å². The normalized spacial score (nSPS) is 14.8. The van der Waals surface area contributed by atoms with Crippen LogP contribution in [0.4, 0.5) is 0 Å². The van der Waals surface area contributed by atoms with Crippen LogP contribution in [0.25, 0.3) is 0 Å². The highest BCUT2D eigenvalue weighted by Crippen LogP contribution is 2.31. The quantitative estimate of drug-likeness (QED) is 0.678. The summed E-state index contributed by atoms with van der Waals surface area (Å²) < 4.78 is 0. The third-order valence-corrected chi connectivity index (χ3v) is 3.09. The third kappa shape index (κ3) is 4.43. The molecule has 0 saturated carbocycles. The van der Waals surface area contributed by atoms with Crippen molar-refractivity contribution in [3.05, 3.63) is 0 Å². The molecule has 0 saturated heterocycles. The standard InChI is InChI=1S/C12H28N2/c1-7-9-12(2,3)11(14(5)6)8-10-13-4/h11,13H,7-10H2,1-6H3. The summed E-state index contributed by atoms with van der Waals surface area (Å²) in [6, 6.07) is 0.676. The van der Waals surface area contributed by atoms with Crippen LogP contribution in [0.3, 0.4) is 0 Å². The van der Waals surface area contributed by atoms with Gasteiger partial charge >= 0.3 is 0 Å². The highest BCUT2D eigenvalue weighted by Gasteiger charge is 2.29. The molecule has 0 spiro atoms. The zero-order valence-corrected chi connectivity index (χ0v) is 10.9. The molecular formula is C12H28N2. The summed E-state index contributed by atoms with van der Waals surface area (Å²) >= 11 is 0. The predicted octanol–water partition coefficient (Wildman–Crippen LogP) is 2.35. The van der Waals surface area contributed by atoms with Crippen LogP contribution in [-0.2, 0) is 0 Å². The lowest BCUT2D eigenvalue weighted by molar-refractivity contribution is 0.116. The van der Waals surface area contributed by atoms with Crippen molar-refractivity contribution in [1.82, 2.24) is 10.2 Å². The average molecular weight is 200 g/mol. The maximum absolute atomic E-state index is 3.24. The van der Waals surface area contributed by atoms with Gasteiger partial charge in [-0.05, 0) is 45.9 Å². The van der Waals surface area contributed by atoms with Crippen molar-refractivity contribution in [2.75, 3.05) is 27.7 Å². The van der Waals surface area contributed by atoms with Gasteiger partial charge in [0, 0.05) is 6.04 Å². The van der Waals surface area contributed by atoms with Crippen LogP contribution in [0.15, 0.2) is 0 Å². The molecule has 1 atom stereocenters. The van der Waals surface area contributed by atoms with Crippen LogP contribution in [-0.4, -0.2) is 38.6 Å². The molecule has 0 aromatic heterocycles. The Morgan fingerprint density at radius 3 is 2.21 bits per heavy atom. The second-order valence-electron chi connectivity index (χ2n) is 5.11. The minimum atomic E-state index is 0.426. The minimum absolute atomic E-state index is 0.426. The second kappa shape index (κ2) is 6.41. The topological polar surface area (TPSA) is 15.3 Å². The smallest absolute Gasteiger partial charge is 0.0152 e. The van der Waals surface area contributed by atoms with Crippen molar-refractivity contribution in [2.24, 2.45) is 5.41 Å². The molecule has 1 unspecified atom stereocenters. The van der Waals surface area contributed by atoms with E-state index in [0.29, 0.717) is 11.5 Å². The maximum atomic E-state index is 3.24. The van der Waals surface area contributed by atoms with Gasteiger partial charge in [-0.25, -0.2) is 0 Å². The zero-order chi connectivity index (χ0) is 11.2. The Labute approximate surface area is 90.1 Å².